The first-order valence-electron chi connectivity index (χ1n) is 9.83. The molecule has 2 atom stereocenters. The number of fused-ring (bicyclic) bond motifs is 3. The minimum Gasteiger partial charge on any atom is -0.494 e. The molecule has 0 spiro atoms. The van der Waals surface area contributed by atoms with Crippen molar-refractivity contribution in [2.24, 2.45) is 5.10 Å². The molecule has 0 fully saturated rings. The van der Waals surface area contributed by atoms with E-state index in [4.69, 9.17) is 14.6 Å². The van der Waals surface area contributed by atoms with E-state index in [1.807, 2.05) is 54.4 Å². The normalized spacial score (nSPS) is 19.8. The van der Waals surface area contributed by atoms with E-state index in [1.54, 1.807) is 12.1 Å². The largest absolute Gasteiger partial charge is 0.494 e. The molecule has 0 aromatic heterocycles. The van der Waals surface area contributed by atoms with Crippen LogP contribution < -0.4 is 9.47 Å². The number of hydrogen-bond donors (Lipinski definition) is 0. The van der Waals surface area contributed by atoms with Gasteiger partial charge < -0.3 is 9.47 Å². The Bertz CT molecular complexity index is 1050. The molecule has 146 valence electrons. The number of hydrazone groups is 1. The Kier molecular flexibility index (Phi) is 4.43. The van der Waals surface area contributed by atoms with Gasteiger partial charge >= 0.3 is 0 Å². The van der Waals surface area contributed by atoms with Crippen molar-refractivity contribution in [1.29, 1.82) is 0 Å². The summed E-state index contributed by atoms with van der Waals surface area (Å²) < 4.78 is 25.3. The number of para-hydroxylation sites is 1. The van der Waals surface area contributed by atoms with Crippen LogP contribution in [0.4, 0.5) is 4.39 Å². The van der Waals surface area contributed by atoms with Gasteiger partial charge in [-0.2, -0.15) is 5.10 Å². The Hall–Kier alpha value is -3.34. The fraction of sp³-hybridized carbons (Fsp3) is 0.208. The second-order valence-corrected chi connectivity index (χ2v) is 7.16. The first kappa shape index (κ1) is 17.7. The molecule has 4 nitrogen and oxygen atoms in total. The summed E-state index contributed by atoms with van der Waals surface area (Å²) in [7, 11) is 0. The van der Waals surface area contributed by atoms with E-state index in [1.165, 1.54) is 12.1 Å². The molecule has 0 aliphatic carbocycles. The summed E-state index contributed by atoms with van der Waals surface area (Å²) in [5.41, 5.74) is 4.00. The lowest BCUT2D eigenvalue weighted by Crippen LogP contribution is -2.33. The quantitative estimate of drug-likeness (QED) is 0.595. The molecule has 29 heavy (non-hydrogen) atoms. The predicted molar refractivity (Wildman–Crippen MR) is 110 cm³/mol. The van der Waals surface area contributed by atoms with E-state index in [0.29, 0.717) is 6.61 Å². The standard InChI is InChI=1S/C24H21FN2O2/c1-2-28-19-13-9-17(10-14-19)24-27-22(20-5-3-4-6-23(20)29-24)15-21(26-27)16-7-11-18(25)12-8-16/h3-14,22,24H,2,15H2,1H3/t22-,24+/m1/s1. The summed E-state index contributed by atoms with van der Waals surface area (Å²) in [6.45, 7) is 2.60. The lowest BCUT2D eigenvalue weighted by atomic mass is 9.96. The molecular formula is C24H21FN2O2. The van der Waals surface area contributed by atoms with Crippen molar-refractivity contribution in [2.45, 2.75) is 25.6 Å². The highest BCUT2D eigenvalue weighted by Gasteiger charge is 2.40. The fourth-order valence-electron chi connectivity index (χ4n) is 3.97. The monoisotopic (exact) mass is 388 g/mol. The van der Waals surface area contributed by atoms with E-state index >= 15 is 0 Å². The molecule has 3 aromatic carbocycles. The van der Waals surface area contributed by atoms with Gasteiger partial charge in [-0.1, -0.05) is 30.3 Å². The first-order valence-corrected chi connectivity index (χ1v) is 9.83. The summed E-state index contributed by atoms with van der Waals surface area (Å²) in [5, 5.41) is 6.92. The fourth-order valence-corrected chi connectivity index (χ4v) is 3.97. The summed E-state index contributed by atoms with van der Waals surface area (Å²) in [6, 6.07) is 22.7. The molecule has 3 aromatic rings. The lowest BCUT2D eigenvalue weighted by Gasteiger charge is -2.38. The van der Waals surface area contributed by atoms with Crippen molar-refractivity contribution in [3.05, 3.63) is 95.3 Å². The van der Waals surface area contributed by atoms with Gasteiger partial charge in [0.2, 0.25) is 6.23 Å². The Morgan fingerprint density at radius 3 is 2.55 bits per heavy atom. The van der Waals surface area contributed by atoms with Gasteiger partial charge in [-0.25, -0.2) is 9.40 Å². The van der Waals surface area contributed by atoms with Crippen LogP contribution in [0.15, 0.2) is 77.9 Å². The molecule has 2 heterocycles. The Morgan fingerprint density at radius 2 is 1.79 bits per heavy atom. The predicted octanol–water partition coefficient (Wildman–Crippen LogP) is 5.47. The van der Waals surface area contributed by atoms with Crippen LogP contribution in [0.1, 0.15) is 42.3 Å². The van der Waals surface area contributed by atoms with Gasteiger partial charge in [0.25, 0.3) is 0 Å². The summed E-state index contributed by atoms with van der Waals surface area (Å²) in [6.07, 6.45) is 0.419. The highest BCUT2D eigenvalue weighted by molar-refractivity contribution is 6.01. The third-order valence-corrected chi connectivity index (χ3v) is 5.35. The molecule has 5 heteroatoms. The second-order valence-electron chi connectivity index (χ2n) is 7.16. The molecule has 0 unspecified atom stereocenters. The Balaban J connectivity index is 1.53. The van der Waals surface area contributed by atoms with Crippen LogP contribution in [-0.4, -0.2) is 17.3 Å². The maximum absolute atomic E-state index is 13.4. The van der Waals surface area contributed by atoms with Crippen molar-refractivity contribution in [2.75, 3.05) is 6.61 Å². The highest BCUT2D eigenvalue weighted by Crippen LogP contribution is 2.47. The topological polar surface area (TPSA) is 34.1 Å². The zero-order chi connectivity index (χ0) is 19.8. The summed E-state index contributed by atoms with van der Waals surface area (Å²) in [5.74, 6) is 1.47. The summed E-state index contributed by atoms with van der Waals surface area (Å²) >= 11 is 0. The maximum atomic E-state index is 13.4. The van der Waals surface area contributed by atoms with Gasteiger partial charge in [-0.05, 0) is 55.0 Å². The molecule has 0 amide bonds. The van der Waals surface area contributed by atoms with Crippen LogP contribution in [0.2, 0.25) is 0 Å². The zero-order valence-electron chi connectivity index (χ0n) is 16.1. The average molecular weight is 388 g/mol. The Labute approximate surface area is 169 Å². The highest BCUT2D eigenvalue weighted by atomic mass is 19.1. The van der Waals surface area contributed by atoms with Gasteiger partial charge in [-0.15, -0.1) is 0 Å². The van der Waals surface area contributed by atoms with Crippen LogP contribution in [0.5, 0.6) is 11.5 Å². The lowest BCUT2D eigenvalue weighted by molar-refractivity contribution is -0.0190. The van der Waals surface area contributed by atoms with Gasteiger partial charge in [0, 0.05) is 17.5 Å². The number of ether oxygens (including phenoxy) is 2. The molecule has 2 aliphatic heterocycles. The molecule has 5 rings (SSSR count). The third kappa shape index (κ3) is 3.23. The van der Waals surface area contributed by atoms with Crippen LogP contribution in [-0.2, 0) is 0 Å². The molecule has 2 aliphatic rings. The smallest absolute Gasteiger partial charge is 0.213 e. The molecule has 0 saturated carbocycles. The van der Waals surface area contributed by atoms with Crippen LogP contribution in [0.25, 0.3) is 0 Å². The van der Waals surface area contributed by atoms with E-state index in [-0.39, 0.29) is 18.1 Å². The van der Waals surface area contributed by atoms with E-state index in [9.17, 15) is 4.39 Å². The van der Waals surface area contributed by atoms with Gasteiger partial charge in [-0.3, -0.25) is 0 Å². The number of benzene rings is 3. The van der Waals surface area contributed by atoms with E-state index in [0.717, 1.165) is 40.3 Å². The molecule has 0 radical (unpaired) electrons. The third-order valence-electron chi connectivity index (χ3n) is 5.35. The zero-order valence-corrected chi connectivity index (χ0v) is 16.1. The van der Waals surface area contributed by atoms with Crippen molar-refractivity contribution in [3.8, 4) is 11.5 Å². The Morgan fingerprint density at radius 1 is 1.03 bits per heavy atom. The van der Waals surface area contributed by atoms with Gasteiger partial charge in [0.1, 0.15) is 17.3 Å². The molecule has 0 saturated heterocycles. The number of nitrogens with zero attached hydrogens (tertiary/aromatic N) is 2. The SMILES string of the molecule is CCOc1ccc([C@@H]2Oc3ccccc3[C@H]3CC(c4ccc(F)cc4)=NN32)cc1. The van der Waals surface area contributed by atoms with Crippen LogP contribution in [0.3, 0.4) is 0 Å². The van der Waals surface area contributed by atoms with Gasteiger partial charge in [0.05, 0.1) is 18.4 Å². The molecular weight excluding hydrogens is 367 g/mol. The molecule has 0 bridgehead atoms. The first-order chi connectivity index (χ1) is 14.2. The summed E-state index contributed by atoms with van der Waals surface area (Å²) in [4.78, 5) is 0. The van der Waals surface area contributed by atoms with E-state index in [2.05, 4.69) is 6.07 Å². The van der Waals surface area contributed by atoms with Crippen molar-refractivity contribution >= 4 is 5.71 Å². The van der Waals surface area contributed by atoms with Crippen molar-refractivity contribution in [1.82, 2.24) is 5.01 Å². The number of halogens is 1. The average Bonchev–Trinajstić information content (AvgIpc) is 3.20. The minimum absolute atomic E-state index is 0.0802. The van der Waals surface area contributed by atoms with Crippen LogP contribution in [0, 0.1) is 5.82 Å². The minimum atomic E-state index is -0.330. The van der Waals surface area contributed by atoms with Crippen molar-refractivity contribution in [3.63, 3.8) is 0 Å². The van der Waals surface area contributed by atoms with Crippen molar-refractivity contribution < 1.29 is 13.9 Å². The number of rotatable bonds is 4. The van der Waals surface area contributed by atoms with E-state index < -0.39 is 0 Å². The maximum Gasteiger partial charge on any atom is 0.213 e. The molecule has 0 N–H and O–H groups in total. The van der Waals surface area contributed by atoms with Crippen LogP contribution >= 0.6 is 0 Å². The number of hydrogen-bond acceptors (Lipinski definition) is 4. The van der Waals surface area contributed by atoms with Gasteiger partial charge in [0.15, 0.2) is 0 Å². The second kappa shape index (κ2) is 7.24.